The lowest BCUT2D eigenvalue weighted by molar-refractivity contribution is 0.0368. The molecule has 0 fully saturated rings. The van der Waals surface area contributed by atoms with E-state index in [1.807, 2.05) is 20.8 Å². The zero-order valence-corrected chi connectivity index (χ0v) is 23.4. The van der Waals surface area contributed by atoms with E-state index in [1.165, 1.54) is 4.90 Å². The smallest absolute Gasteiger partial charge is 0.323 e. The number of likely N-dealkylation sites (N-methyl/N-ethyl adjacent to an activating group) is 1. The zero-order chi connectivity index (χ0) is 29.0. The lowest BCUT2D eigenvalue weighted by atomic mass is 9.99. The molecular formula is C28H37N5O7. The van der Waals surface area contributed by atoms with Gasteiger partial charge in [-0.25, -0.2) is 9.59 Å². The third kappa shape index (κ3) is 6.50. The maximum Gasteiger partial charge on any atom is 0.323 e. The summed E-state index contributed by atoms with van der Waals surface area (Å²) in [7, 11) is 1.68. The number of carbonyl (C=O) groups is 3. The molecule has 4 N–H and O–H groups in total. The molecule has 12 nitrogen and oxygen atoms in total. The highest BCUT2D eigenvalue weighted by atomic mass is 16.7. The number of aliphatic hydroxyl groups is 1. The topological polar surface area (TPSA) is 142 Å². The highest BCUT2D eigenvalue weighted by Gasteiger charge is 2.35. The molecule has 0 aliphatic carbocycles. The van der Waals surface area contributed by atoms with E-state index in [1.54, 1.807) is 55.3 Å². The molecule has 0 saturated heterocycles. The maximum absolute atomic E-state index is 13.6. The van der Waals surface area contributed by atoms with Gasteiger partial charge in [0.05, 0.1) is 30.4 Å². The molecule has 0 spiro atoms. The van der Waals surface area contributed by atoms with Gasteiger partial charge in [0.1, 0.15) is 6.10 Å². The van der Waals surface area contributed by atoms with Gasteiger partial charge in [-0.2, -0.15) is 0 Å². The minimum atomic E-state index is -0.552. The number of nitrogens with one attached hydrogen (secondary N) is 3. The van der Waals surface area contributed by atoms with Gasteiger partial charge < -0.3 is 45.1 Å². The summed E-state index contributed by atoms with van der Waals surface area (Å²) in [5.74, 6) is 0.773. The van der Waals surface area contributed by atoms with Crippen LogP contribution in [0.25, 0.3) is 0 Å². The third-order valence-corrected chi connectivity index (χ3v) is 6.78. The van der Waals surface area contributed by atoms with Crippen LogP contribution in [0.1, 0.15) is 38.1 Å². The number of ether oxygens (including phenoxy) is 3. The molecule has 2 aliphatic rings. The highest BCUT2D eigenvalue weighted by molar-refractivity contribution is 6.04. The normalized spacial score (nSPS) is 18.7. The van der Waals surface area contributed by atoms with E-state index in [-0.39, 0.29) is 60.8 Å². The van der Waals surface area contributed by atoms with Crippen LogP contribution in [0.5, 0.6) is 17.2 Å². The van der Waals surface area contributed by atoms with Crippen LogP contribution in [0.2, 0.25) is 0 Å². The number of aliphatic hydroxyl groups excluding tert-OH is 1. The van der Waals surface area contributed by atoms with Gasteiger partial charge in [-0.3, -0.25) is 4.79 Å². The number of carbonyl (C=O) groups excluding carboxylic acids is 3. The monoisotopic (exact) mass is 555 g/mol. The first-order valence-corrected chi connectivity index (χ1v) is 13.3. The van der Waals surface area contributed by atoms with Gasteiger partial charge in [0.2, 0.25) is 6.79 Å². The van der Waals surface area contributed by atoms with Gasteiger partial charge in [0.25, 0.3) is 5.91 Å². The third-order valence-electron chi connectivity index (χ3n) is 6.78. The fourth-order valence-electron chi connectivity index (χ4n) is 4.53. The van der Waals surface area contributed by atoms with Crippen molar-refractivity contribution in [2.75, 3.05) is 44.2 Å². The zero-order valence-electron chi connectivity index (χ0n) is 23.4. The molecule has 4 rings (SSSR count). The van der Waals surface area contributed by atoms with E-state index >= 15 is 0 Å². The summed E-state index contributed by atoms with van der Waals surface area (Å²) in [6.07, 6.45) is -0.525. The molecule has 0 radical (unpaired) electrons. The van der Waals surface area contributed by atoms with Gasteiger partial charge >= 0.3 is 12.1 Å². The first-order valence-electron chi connectivity index (χ1n) is 13.3. The minimum Gasteiger partial charge on any atom is -0.485 e. The number of amides is 5. The highest BCUT2D eigenvalue weighted by Crippen LogP contribution is 2.36. The van der Waals surface area contributed by atoms with Crippen LogP contribution < -0.4 is 30.2 Å². The first-order chi connectivity index (χ1) is 19.1. The second kappa shape index (κ2) is 12.3. The molecule has 40 heavy (non-hydrogen) atoms. The molecule has 2 aliphatic heterocycles. The molecule has 2 heterocycles. The Balaban J connectivity index is 1.62. The van der Waals surface area contributed by atoms with Crippen LogP contribution in [0.4, 0.5) is 21.0 Å². The minimum absolute atomic E-state index is 0.0380. The van der Waals surface area contributed by atoms with Crippen molar-refractivity contribution in [3.8, 4) is 17.2 Å². The van der Waals surface area contributed by atoms with Crippen LogP contribution in [-0.4, -0.2) is 84.6 Å². The second-order valence-corrected chi connectivity index (χ2v) is 10.4. The number of urea groups is 2. The lowest BCUT2D eigenvalue weighted by Gasteiger charge is -2.38. The van der Waals surface area contributed by atoms with Crippen LogP contribution in [0.3, 0.4) is 0 Å². The Labute approximate surface area is 233 Å². The molecule has 216 valence electrons. The number of nitrogens with zero attached hydrogens (tertiary/aromatic N) is 2. The Morgan fingerprint density at radius 3 is 2.60 bits per heavy atom. The molecule has 0 aromatic heterocycles. The van der Waals surface area contributed by atoms with Crippen molar-refractivity contribution in [2.24, 2.45) is 5.92 Å². The number of fused-ring (bicyclic) bond motifs is 2. The van der Waals surface area contributed by atoms with Crippen molar-refractivity contribution < 1.29 is 33.7 Å². The van der Waals surface area contributed by atoms with Crippen molar-refractivity contribution in [3.63, 3.8) is 0 Å². The van der Waals surface area contributed by atoms with Crippen molar-refractivity contribution in [3.05, 3.63) is 42.0 Å². The van der Waals surface area contributed by atoms with E-state index in [9.17, 15) is 19.5 Å². The predicted octanol–water partition coefficient (Wildman–Crippen LogP) is 3.33. The molecule has 2 aromatic rings. The summed E-state index contributed by atoms with van der Waals surface area (Å²) < 4.78 is 17.1. The summed E-state index contributed by atoms with van der Waals surface area (Å²) >= 11 is 0. The molecule has 12 heteroatoms. The van der Waals surface area contributed by atoms with E-state index in [0.29, 0.717) is 23.7 Å². The van der Waals surface area contributed by atoms with E-state index in [2.05, 4.69) is 16.0 Å². The average molecular weight is 556 g/mol. The van der Waals surface area contributed by atoms with Gasteiger partial charge in [-0.05, 0) is 45.0 Å². The summed E-state index contributed by atoms with van der Waals surface area (Å²) in [5, 5.41) is 18.3. The van der Waals surface area contributed by atoms with Crippen LogP contribution in [0.15, 0.2) is 36.4 Å². The largest absolute Gasteiger partial charge is 0.485 e. The molecular weight excluding hydrogens is 518 g/mol. The number of hydrogen-bond donors (Lipinski definition) is 4. The number of anilines is 2. The Hall–Kier alpha value is -4.19. The summed E-state index contributed by atoms with van der Waals surface area (Å²) in [5.41, 5.74) is 1.02. The standard InChI is InChI=1S/C28H37N5O7/c1-16(2)29-28(37)32(5)13-24-17(3)12-33(18(4)14-34)26(35)20-7-6-8-21(25(20)40-24)31-27(36)30-19-9-10-22-23(11-19)39-15-38-22/h6-11,16-18,24,34H,12-15H2,1-5H3,(H,29,37)(H2,30,31,36)/t17-,18-,24-/m1/s1. The molecule has 3 atom stereocenters. The van der Waals surface area contributed by atoms with Crippen molar-refractivity contribution in [1.29, 1.82) is 0 Å². The molecule has 0 bridgehead atoms. The predicted molar refractivity (Wildman–Crippen MR) is 149 cm³/mol. The SMILES string of the molecule is CC(C)NC(=O)N(C)C[C@H]1Oc2c(NC(=O)Nc3ccc4c(c3)OCO4)cccc2C(=O)N([C@H](C)CO)C[C@H]1C. The number of benzene rings is 2. The van der Waals surface area contributed by atoms with Crippen LogP contribution in [0, 0.1) is 5.92 Å². The molecule has 5 amide bonds. The second-order valence-electron chi connectivity index (χ2n) is 10.4. The number of hydrogen-bond acceptors (Lipinski definition) is 7. The van der Waals surface area contributed by atoms with E-state index in [4.69, 9.17) is 14.2 Å². The summed E-state index contributed by atoms with van der Waals surface area (Å²) in [4.78, 5) is 42.4. The number of para-hydroxylation sites is 1. The van der Waals surface area contributed by atoms with Gasteiger partial charge in [-0.15, -0.1) is 0 Å². The van der Waals surface area contributed by atoms with E-state index in [0.717, 1.165) is 0 Å². The molecule has 0 unspecified atom stereocenters. The van der Waals surface area contributed by atoms with Crippen molar-refractivity contribution in [2.45, 2.75) is 45.9 Å². The first kappa shape index (κ1) is 28.8. The fraction of sp³-hybridized carbons (Fsp3) is 0.464. The summed E-state index contributed by atoms with van der Waals surface area (Å²) in [6, 6.07) is 8.67. The Bertz CT molecular complexity index is 1250. The average Bonchev–Trinajstić information content (AvgIpc) is 3.38. The Morgan fingerprint density at radius 1 is 1.12 bits per heavy atom. The van der Waals surface area contributed by atoms with E-state index < -0.39 is 18.2 Å². The quantitative estimate of drug-likeness (QED) is 0.411. The Morgan fingerprint density at radius 2 is 1.88 bits per heavy atom. The van der Waals surface area contributed by atoms with Crippen LogP contribution in [-0.2, 0) is 0 Å². The van der Waals surface area contributed by atoms with Gasteiger partial charge in [0.15, 0.2) is 17.2 Å². The van der Waals surface area contributed by atoms with Crippen LogP contribution >= 0.6 is 0 Å². The Kier molecular flexibility index (Phi) is 8.88. The number of rotatable bonds is 7. The van der Waals surface area contributed by atoms with Crippen molar-refractivity contribution >= 4 is 29.3 Å². The van der Waals surface area contributed by atoms with Gasteiger partial charge in [-0.1, -0.05) is 13.0 Å². The molecule has 2 aromatic carbocycles. The maximum atomic E-state index is 13.6. The fourth-order valence-corrected chi connectivity index (χ4v) is 4.53. The molecule has 0 saturated carbocycles. The lowest BCUT2D eigenvalue weighted by Crippen LogP contribution is -2.51. The van der Waals surface area contributed by atoms with Crippen molar-refractivity contribution in [1.82, 2.24) is 15.1 Å². The van der Waals surface area contributed by atoms with Gasteiger partial charge in [0, 0.05) is 37.3 Å². The summed E-state index contributed by atoms with van der Waals surface area (Å²) in [6.45, 7) is 7.89.